The summed E-state index contributed by atoms with van der Waals surface area (Å²) in [6.07, 6.45) is 8.54. The maximum atomic E-state index is 3.66. The molecule has 0 bridgehead atoms. The molecule has 1 aliphatic rings. The van der Waals surface area contributed by atoms with Gasteiger partial charge in [-0.05, 0) is 37.7 Å². The highest BCUT2D eigenvalue weighted by Gasteiger charge is 2.19. The molecule has 2 rings (SSSR count). The molecular weight excluding hydrogens is 324 g/mol. The Bertz CT molecular complexity index is 431. The number of benzene rings is 1. The Morgan fingerprint density at radius 1 is 1.12 bits per heavy atom. The molecule has 1 N–H and O–H groups in total. The van der Waals surface area contributed by atoms with Crippen molar-refractivity contribution in [3.8, 4) is 0 Å². The molecule has 0 heterocycles. The second-order valence-corrected chi connectivity index (χ2v) is 8.65. The highest BCUT2D eigenvalue weighted by molar-refractivity contribution is 7.98. The van der Waals surface area contributed by atoms with E-state index in [1.54, 1.807) is 0 Å². The van der Waals surface area contributed by atoms with Gasteiger partial charge in [0.25, 0.3) is 0 Å². The van der Waals surface area contributed by atoms with E-state index in [2.05, 4.69) is 54.4 Å². The van der Waals surface area contributed by atoms with Crippen LogP contribution in [-0.2, 0) is 5.75 Å². The van der Waals surface area contributed by atoms with Crippen LogP contribution in [0.4, 0.5) is 0 Å². The Morgan fingerprint density at radius 2 is 1.88 bits per heavy atom. The van der Waals surface area contributed by atoms with Crippen molar-refractivity contribution >= 4 is 11.8 Å². The van der Waals surface area contributed by atoms with Crippen molar-refractivity contribution in [1.29, 1.82) is 0 Å². The van der Waals surface area contributed by atoms with Crippen molar-refractivity contribution in [2.45, 2.75) is 64.2 Å². The summed E-state index contributed by atoms with van der Waals surface area (Å²) in [5.41, 5.74) is 1.43. The van der Waals surface area contributed by atoms with Crippen LogP contribution in [0.25, 0.3) is 0 Å². The first kappa shape index (κ1) is 20.8. The van der Waals surface area contributed by atoms with Gasteiger partial charge >= 0.3 is 0 Å². The van der Waals surface area contributed by atoms with Crippen LogP contribution < -0.4 is 5.32 Å². The molecular formula is C22H38N2S. The van der Waals surface area contributed by atoms with Crippen molar-refractivity contribution < 1.29 is 0 Å². The zero-order valence-corrected chi connectivity index (χ0v) is 17.2. The van der Waals surface area contributed by atoms with E-state index in [4.69, 9.17) is 0 Å². The van der Waals surface area contributed by atoms with Crippen molar-refractivity contribution in [1.82, 2.24) is 10.2 Å². The van der Waals surface area contributed by atoms with Crippen LogP contribution in [-0.4, -0.2) is 42.9 Å². The summed E-state index contributed by atoms with van der Waals surface area (Å²) < 4.78 is 0. The smallest absolute Gasteiger partial charge is 0.0185 e. The van der Waals surface area contributed by atoms with E-state index >= 15 is 0 Å². The van der Waals surface area contributed by atoms with Crippen molar-refractivity contribution in [2.24, 2.45) is 5.92 Å². The summed E-state index contributed by atoms with van der Waals surface area (Å²) in [6.45, 7) is 9.50. The van der Waals surface area contributed by atoms with Gasteiger partial charge in [0.1, 0.15) is 0 Å². The van der Waals surface area contributed by atoms with E-state index in [1.165, 1.54) is 62.9 Å². The Labute approximate surface area is 160 Å². The molecule has 142 valence electrons. The molecule has 2 nitrogen and oxygen atoms in total. The van der Waals surface area contributed by atoms with Gasteiger partial charge in [0.15, 0.2) is 0 Å². The SMILES string of the molecule is CCC(C)N(CCNCCSCc1ccccc1)CC1CCCCC1. The number of hydrogen-bond acceptors (Lipinski definition) is 3. The third-order valence-electron chi connectivity index (χ3n) is 5.54. The van der Waals surface area contributed by atoms with Crippen LogP contribution >= 0.6 is 11.8 Å². The first-order chi connectivity index (χ1) is 12.3. The number of thioether (sulfide) groups is 1. The fourth-order valence-electron chi connectivity index (χ4n) is 3.71. The van der Waals surface area contributed by atoms with Crippen LogP contribution in [0.15, 0.2) is 30.3 Å². The summed E-state index contributed by atoms with van der Waals surface area (Å²) in [7, 11) is 0. The van der Waals surface area contributed by atoms with Crippen molar-refractivity contribution in [3.05, 3.63) is 35.9 Å². The molecule has 1 saturated carbocycles. The Balaban J connectivity index is 1.56. The lowest BCUT2D eigenvalue weighted by Gasteiger charge is -2.33. The van der Waals surface area contributed by atoms with Gasteiger partial charge in [-0.1, -0.05) is 56.5 Å². The average Bonchev–Trinajstić information content (AvgIpc) is 2.67. The number of nitrogens with zero attached hydrogens (tertiary/aromatic N) is 1. The highest BCUT2D eigenvalue weighted by atomic mass is 32.2. The minimum atomic E-state index is 0.719. The molecule has 0 saturated heterocycles. The van der Waals surface area contributed by atoms with E-state index in [0.29, 0.717) is 0 Å². The van der Waals surface area contributed by atoms with E-state index in [9.17, 15) is 0 Å². The zero-order valence-electron chi connectivity index (χ0n) is 16.4. The Hall–Kier alpha value is -0.510. The van der Waals surface area contributed by atoms with Gasteiger partial charge in [-0.25, -0.2) is 0 Å². The van der Waals surface area contributed by atoms with Crippen LogP contribution in [0.3, 0.4) is 0 Å². The van der Waals surface area contributed by atoms with E-state index < -0.39 is 0 Å². The van der Waals surface area contributed by atoms with Gasteiger partial charge in [-0.2, -0.15) is 11.8 Å². The molecule has 1 fully saturated rings. The van der Waals surface area contributed by atoms with Gasteiger partial charge < -0.3 is 5.32 Å². The second kappa shape index (κ2) is 12.8. The van der Waals surface area contributed by atoms with Crippen LogP contribution in [0, 0.1) is 5.92 Å². The minimum Gasteiger partial charge on any atom is -0.315 e. The average molecular weight is 363 g/mol. The molecule has 1 aliphatic carbocycles. The predicted octanol–water partition coefficient (Wildman–Crippen LogP) is 5.19. The maximum absolute atomic E-state index is 3.66. The minimum absolute atomic E-state index is 0.719. The van der Waals surface area contributed by atoms with Gasteiger partial charge in [0, 0.05) is 43.7 Å². The molecule has 0 amide bonds. The number of hydrogen-bond donors (Lipinski definition) is 1. The Kier molecular flexibility index (Phi) is 10.6. The van der Waals surface area contributed by atoms with Crippen LogP contribution in [0.2, 0.25) is 0 Å². The standard InChI is InChI=1S/C22H38N2S/c1-3-20(2)24(18-21-10-6-4-7-11-21)16-14-23-15-17-25-19-22-12-8-5-9-13-22/h5,8-9,12-13,20-21,23H,3-4,6-7,10-11,14-19H2,1-2H3. The van der Waals surface area contributed by atoms with Crippen LogP contribution in [0.5, 0.6) is 0 Å². The lowest BCUT2D eigenvalue weighted by atomic mass is 9.88. The zero-order chi connectivity index (χ0) is 17.7. The third-order valence-corrected chi connectivity index (χ3v) is 6.57. The summed E-state index contributed by atoms with van der Waals surface area (Å²) in [6, 6.07) is 11.5. The van der Waals surface area contributed by atoms with E-state index in [0.717, 1.165) is 30.8 Å². The highest BCUT2D eigenvalue weighted by Crippen LogP contribution is 2.25. The van der Waals surface area contributed by atoms with Crippen molar-refractivity contribution in [3.63, 3.8) is 0 Å². The molecule has 0 spiro atoms. The molecule has 0 aliphatic heterocycles. The second-order valence-electron chi connectivity index (χ2n) is 7.54. The van der Waals surface area contributed by atoms with Crippen molar-refractivity contribution in [2.75, 3.05) is 31.9 Å². The predicted molar refractivity (Wildman–Crippen MR) is 113 cm³/mol. The quantitative estimate of drug-likeness (QED) is 0.515. The molecule has 0 radical (unpaired) electrons. The van der Waals surface area contributed by atoms with E-state index in [-0.39, 0.29) is 0 Å². The summed E-state index contributed by atoms with van der Waals surface area (Å²) in [5.74, 6) is 3.27. The Morgan fingerprint density at radius 3 is 2.60 bits per heavy atom. The lowest BCUT2D eigenvalue weighted by molar-refractivity contribution is 0.155. The summed E-state index contributed by atoms with van der Waals surface area (Å²) >= 11 is 2.03. The van der Waals surface area contributed by atoms with Gasteiger partial charge in [-0.15, -0.1) is 0 Å². The molecule has 0 aromatic heterocycles. The monoisotopic (exact) mass is 362 g/mol. The van der Waals surface area contributed by atoms with Gasteiger partial charge in [0.2, 0.25) is 0 Å². The molecule has 25 heavy (non-hydrogen) atoms. The first-order valence-corrected chi connectivity index (χ1v) is 11.5. The molecule has 1 unspecified atom stereocenters. The number of nitrogens with one attached hydrogen (secondary N) is 1. The fraction of sp³-hybridized carbons (Fsp3) is 0.727. The molecule has 1 atom stereocenters. The van der Waals surface area contributed by atoms with E-state index in [1.807, 2.05) is 11.8 Å². The molecule has 1 aromatic rings. The maximum Gasteiger partial charge on any atom is 0.0185 e. The summed E-state index contributed by atoms with van der Waals surface area (Å²) in [5, 5.41) is 3.66. The fourth-order valence-corrected chi connectivity index (χ4v) is 4.57. The number of rotatable bonds is 12. The normalized spacial score (nSPS) is 17.1. The van der Waals surface area contributed by atoms with Gasteiger partial charge in [-0.3, -0.25) is 4.90 Å². The topological polar surface area (TPSA) is 15.3 Å². The largest absolute Gasteiger partial charge is 0.315 e. The molecule has 3 heteroatoms. The third kappa shape index (κ3) is 8.61. The lowest BCUT2D eigenvalue weighted by Crippen LogP contribution is -2.41. The van der Waals surface area contributed by atoms with Gasteiger partial charge in [0.05, 0.1) is 0 Å². The van der Waals surface area contributed by atoms with Crippen LogP contribution in [0.1, 0.15) is 57.9 Å². The summed E-state index contributed by atoms with van der Waals surface area (Å²) in [4.78, 5) is 2.74. The molecule has 1 aromatic carbocycles. The first-order valence-electron chi connectivity index (χ1n) is 10.4.